The van der Waals surface area contributed by atoms with Crippen molar-refractivity contribution in [2.24, 2.45) is 5.41 Å². The molecule has 1 aliphatic rings. The van der Waals surface area contributed by atoms with Crippen LogP contribution in [0, 0.1) is 5.41 Å². The zero-order chi connectivity index (χ0) is 15.5. The Bertz CT molecular complexity index is 355. The van der Waals surface area contributed by atoms with Gasteiger partial charge in [0.25, 0.3) is 0 Å². The number of nitrogens with zero attached hydrogens (tertiary/aromatic N) is 2. The molecule has 0 aromatic rings. The van der Waals surface area contributed by atoms with Gasteiger partial charge < -0.3 is 15.3 Å². The van der Waals surface area contributed by atoms with Gasteiger partial charge in [-0.3, -0.25) is 4.90 Å². The Kier molecular flexibility index (Phi) is 5.39. The summed E-state index contributed by atoms with van der Waals surface area (Å²) in [5, 5.41) is 11.9. The summed E-state index contributed by atoms with van der Waals surface area (Å²) in [6, 6.07) is -0.685. The van der Waals surface area contributed by atoms with Crippen molar-refractivity contribution in [3.8, 4) is 0 Å². The summed E-state index contributed by atoms with van der Waals surface area (Å²) in [5.41, 5.74) is -0.513. The number of aliphatic carboxylic acids is 1. The Morgan fingerprint density at radius 2 is 1.60 bits per heavy atom. The van der Waals surface area contributed by atoms with Crippen LogP contribution < -0.4 is 5.32 Å². The Hall–Kier alpha value is -1.30. The molecule has 0 spiro atoms. The number of hydrogen-bond donors (Lipinski definition) is 2. The largest absolute Gasteiger partial charge is 0.480 e. The Balaban J connectivity index is 2.57. The number of carbonyl (C=O) groups excluding carboxylic acids is 1. The molecular formula is C14H27N3O3. The number of hydrogen-bond acceptors (Lipinski definition) is 3. The van der Waals surface area contributed by atoms with E-state index in [-0.39, 0.29) is 6.03 Å². The number of nitrogens with one attached hydrogen (secondary N) is 1. The number of carbonyl (C=O) groups is 2. The third kappa shape index (κ3) is 4.37. The molecule has 1 aliphatic heterocycles. The van der Waals surface area contributed by atoms with E-state index in [0.29, 0.717) is 19.1 Å². The van der Waals surface area contributed by atoms with E-state index in [4.69, 9.17) is 0 Å². The molecule has 2 N–H and O–H groups in total. The van der Waals surface area contributed by atoms with Gasteiger partial charge in [0.1, 0.15) is 6.04 Å². The molecule has 0 bridgehead atoms. The van der Waals surface area contributed by atoms with Gasteiger partial charge in [-0.25, -0.2) is 9.59 Å². The zero-order valence-electron chi connectivity index (χ0n) is 13.1. The highest BCUT2D eigenvalue weighted by Crippen LogP contribution is 2.20. The molecule has 0 radical (unpaired) electrons. The molecule has 116 valence electrons. The van der Waals surface area contributed by atoms with Crippen molar-refractivity contribution in [2.45, 2.75) is 46.7 Å². The fourth-order valence-corrected chi connectivity index (χ4v) is 2.30. The molecule has 0 aromatic heterocycles. The minimum absolute atomic E-state index is 0.282. The number of urea groups is 1. The molecule has 0 aromatic carbocycles. The highest BCUT2D eigenvalue weighted by molar-refractivity contribution is 5.83. The molecule has 2 amide bonds. The van der Waals surface area contributed by atoms with E-state index in [1.54, 1.807) is 4.90 Å². The van der Waals surface area contributed by atoms with Crippen molar-refractivity contribution in [3.05, 3.63) is 0 Å². The first-order chi connectivity index (χ1) is 9.12. The van der Waals surface area contributed by atoms with Gasteiger partial charge in [0, 0.05) is 32.2 Å². The van der Waals surface area contributed by atoms with Crippen molar-refractivity contribution in [2.75, 3.05) is 26.2 Å². The van der Waals surface area contributed by atoms with Gasteiger partial charge in [0.2, 0.25) is 0 Å². The summed E-state index contributed by atoms with van der Waals surface area (Å²) in [7, 11) is 0. The zero-order valence-corrected chi connectivity index (χ0v) is 13.1. The monoisotopic (exact) mass is 285 g/mol. The third-order valence-electron chi connectivity index (χ3n) is 3.71. The lowest BCUT2D eigenvalue weighted by Gasteiger charge is -2.38. The molecule has 0 aliphatic carbocycles. The summed E-state index contributed by atoms with van der Waals surface area (Å²) in [4.78, 5) is 27.4. The second-order valence-corrected chi connectivity index (χ2v) is 6.70. The van der Waals surface area contributed by atoms with E-state index in [2.05, 4.69) is 24.1 Å². The van der Waals surface area contributed by atoms with Crippen LogP contribution >= 0.6 is 0 Å². The smallest absolute Gasteiger partial charge is 0.326 e. The molecule has 1 atom stereocenters. The molecule has 1 heterocycles. The molecule has 1 unspecified atom stereocenters. The lowest BCUT2D eigenvalue weighted by molar-refractivity contribution is -0.142. The van der Waals surface area contributed by atoms with E-state index >= 15 is 0 Å². The van der Waals surface area contributed by atoms with Gasteiger partial charge in [-0.2, -0.15) is 0 Å². The maximum Gasteiger partial charge on any atom is 0.326 e. The average Bonchev–Trinajstić information content (AvgIpc) is 2.33. The summed E-state index contributed by atoms with van der Waals surface area (Å²) in [5.74, 6) is -0.994. The fraction of sp³-hybridized carbons (Fsp3) is 0.857. The van der Waals surface area contributed by atoms with Crippen LogP contribution in [-0.4, -0.2) is 65.2 Å². The number of carboxylic acids is 1. The van der Waals surface area contributed by atoms with Crippen molar-refractivity contribution < 1.29 is 14.7 Å². The maximum absolute atomic E-state index is 12.2. The average molecular weight is 285 g/mol. The number of rotatable bonds is 3. The van der Waals surface area contributed by atoms with E-state index in [0.717, 1.165) is 13.1 Å². The van der Waals surface area contributed by atoms with E-state index in [1.165, 1.54) is 0 Å². The number of piperazine rings is 1. The van der Waals surface area contributed by atoms with Gasteiger partial charge >= 0.3 is 12.0 Å². The van der Waals surface area contributed by atoms with Crippen LogP contribution in [0.2, 0.25) is 0 Å². The van der Waals surface area contributed by atoms with E-state index in [1.807, 2.05) is 20.8 Å². The van der Waals surface area contributed by atoms with Gasteiger partial charge in [0.15, 0.2) is 0 Å². The predicted molar refractivity (Wildman–Crippen MR) is 77.7 cm³/mol. The lowest BCUT2D eigenvalue weighted by Crippen LogP contribution is -2.57. The SMILES string of the molecule is CC(C)N1CCN(C(=O)NC(C(=O)O)C(C)(C)C)CC1. The van der Waals surface area contributed by atoms with Gasteiger partial charge in [-0.1, -0.05) is 20.8 Å². The predicted octanol–water partition coefficient (Wildman–Crippen LogP) is 1.22. The number of carboxylic acid groups (broad SMARTS) is 1. The molecular weight excluding hydrogens is 258 g/mol. The van der Waals surface area contributed by atoms with Crippen LogP contribution in [0.4, 0.5) is 4.79 Å². The van der Waals surface area contributed by atoms with Crippen molar-refractivity contribution in [1.82, 2.24) is 15.1 Å². The van der Waals surface area contributed by atoms with Crippen molar-refractivity contribution in [1.29, 1.82) is 0 Å². The van der Waals surface area contributed by atoms with Crippen LogP contribution in [0.3, 0.4) is 0 Å². The molecule has 6 nitrogen and oxygen atoms in total. The maximum atomic E-state index is 12.2. The first-order valence-electron chi connectivity index (χ1n) is 7.15. The third-order valence-corrected chi connectivity index (χ3v) is 3.71. The summed E-state index contributed by atoms with van der Waals surface area (Å²) in [6.07, 6.45) is 0. The highest BCUT2D eigenvalue weighted by Gasteiger charge is 2.34. The Morgan fingerprint density at radius 1 is 1.10 bits per heavy atom. The molecule has 1 fully saturated rings. The highest BCUT2D eigenvalue weighted by atomic mass is 16.4. The second kappa shape index (κ2) is 6.43. The summed E-state index contributed by atoms with van der Waals surface area (Å²) < 4.78 is 0. The van der Waals surface area contributed by atoms with Crippen LogP contribution in [-0.2, 0) is 4.79 Å². The molecule has 1 saturated heterocycles. The van der Waals surface area contributed by atoms with Crippen LogP contribution in [0.25, 0.3) is 0 Å². The minimum atomic E-state index is -0.994. The first-order valence-corrected chi connectivity index (χ1v) is 7.15. The van der Waals surface area contributed by atoms with E-state index in [9.17, 15) is 14.7 Å². The Morgan fingerprint density at radius 3 is 1.95 bits per heavy atom. The van der Waals surface area contributed by atoms with Crippen LogP contribution in [0.1, 0.15) is 34.6 Å². The quantitative estimate of drug-likeness (QED) is 0.818. The van der Waals surface area contributed by atoms with Crippen molar-refractivity contribution in [3.63, 3.8) is 0 Å². The minimum Gasteiger partial charge on any atom is -0.480 e. The normalized spacial score (nSPS) is 19.0. The van der Waals surface area contributed by atoms with Crippen LogP contribution in [0.15, 0.2) is 0 Å². The van der Waals surface area contributed by atoms with Crippen molar-refractivity contribution >= 4 is 12.0 Å². The number of amides is 2. The standard InChI is InChI=1S/C14H27N3O3/c1-10(2)16-6-8-17(9-7-16)13(20)15-11(12(18)19)14(3,4)5/h10-11H,6-9H2,1-5H3,(H,15,20)(H,18,19). The van der Waals surface area contributed by atoms with E-state index < -0.39 is 17.4 Å². The Labute approximate surface area is 121 Å². The molecule has 0 saturated carbocycles. The van der Waals surface area contributed by atoms with Gasteiger partial charge in [0.05, 0.1) is 0 Å². The fourth-order valence-electron chi connectivity index (χ4n) is 2.30. The molecule has 1 rings (SSSR count). The topological polar surface area (TPSA) is 72.9 Å². The molecule has 6 heteroatoms. The summed E-state index contributed by atoms with van der Waals surface area (Å²) >= 11 is 0. The first kappa shape index (κ1) is 16.8. The van der Waals surface area contributed by atoms with Crippen LogP contribution in [0.5, 0.6) is 0 Å². The van der Waals surface area contributed by atoms with Gasteiger partial charge in [-0.15, -0.1) is 0 Å². The summed E-state index contributed by atoms with van der Waals surface area (Å²) in [6.45, 7) is 12.6. The lowest BCUT2D eigenvalue weighted by atomic mass is 9.87. The second-order valence-electron chi connectivity index (χ2n) is 6.70. The molecule has 20 heavy (non-hydrogen) atoms. The van der Waals surface area contributed by atoms with Gasteiger partial charge in [-0.05, 0) is 19.3 Å².